The molecule has 1 N–H and O–H groups in total. The van der Waals surface area contributed by atoms with Crippen LogP contribution in [0.4, 0.5) is 4.39 Å². The van der Waals surface area contributed by atoms with E-state index >= 15 is 0 Å². The molecule has 0 heterocycles. The summed E-state index contributed by atoms with van der Waals surface area (Å²) in [6.45, 7) is 2.10. The van der Waals surface area contributed by atoms with Crippen LogP contribution in [-0.2, 0) is 10.0 Å². The van der Waals surface area contributed by atoms with Crippen LogP contribution in [0, 0.1) is 11.7 Å². The standard InChI is InChI=1S/C10H13ClFNO2S/c1-8(6-11)7-13-16(14,15)10-4-2-9(12)3-5-10/h2-5,8,13H,6-7H2,1H3. The maximum absolute atomic E-state index is 12.6. The Morgan fingerprint density at radius 3 is 2.44 bits per heavy atom. The van der Waals surface area contributed by atoms with Crippen molar-refractivity contribution in [3.05, 3.63) is 30.1 Å². The minimum atomic E-state index is -3.56. The van der Waals surface area contributed by atoms with Crippen LogP contribution in [0.5, 0.6) is 0 Å². The highest BCUT2D eigenvalue weighted by Crippen LogP contribution is 2.10. The van der Waals surface area contributed by atoms with Crippen LogP contribution >= 0.6 is 11.6 Å². The SMILES string of the molecule is CC(CCl)CNS(=O)(=O)c1ccc(F)cc1. The van der Waals surface area contributed by atoms with Gasteiger partial charge in [0, 0.05) is 12.4 Å². The molecule has 1 aromatic carbocycles. The quantitative estimate of drug-likeness (QED) is 0.828. The van der Waals surface area contributed by atoms with E-state index < -0.39 is 15.8 Å². The van der Waals surface area contributed by atoms with Gasteiger partial charge < -0.3 is 0 Å². The average Bonchev–Trinajstić information content (AvgIpc) is 2.26. The molecule has 0 saturated carbocycles. The summed E-state index contributed by atoms with van der Waals surface area (Å²) in [4.78, 5) is 0.0515. The summed E-state index contributed by atoms with van der Waals surface area (Å²) >= 11 is 5.56. The summed E-state index contributed by atoms with van der Waals surface area (Å²) < 4.78 is 38.4. The molecule has 0 bridgehead atoms. The van der Waals surface area contributed by atoms with Crippen molar-refractivity contribution in [3.8, 4) is 0 Å². The number of hydrogen-bond acceptors (Lipinski definition) is 2. The van der Waals surface area contributed by atoms with E-state index in [1.165, 1.54) is 12.1 Å². The third-order valence-corrected chi connectivity index (χ3v) is 3.98. The van der Waals surface area contributed by atoms with Crippen molar-refractivity contribution < 1.29 is 12.8 Å². The van der Waals surface area contributed by atoms with Gasteiger partial charge in [-0.3, -0.25) is 0 Å². The highest BCUT2D eigenvalue weighted by Gasteiger charge is 2.14. The molecular weight excluding hydrogens is 253 g/mol. The van der Waals surface area contributed by atoms with E-state index in [1.54, 1.807) is 0 Å². The van der Waals surface area contributed by atoms with Crippen molar-refractivity contribution in [2.24, 2.45) is 5.92 Å². The van der Waals surface area contributed by atoms with E-state index in [-0.39, 0.29) is 17.4 Å². The van der Waals surface area contributed by atoms with Gasteiger partial charge in [-0.1, -0.05) is 6.92 Å². The van der Waals surface area contributed by atoms with Crippen molar-refractivity contribution >= 4 is 21.6 Å². The topological polar surface area (TPSA) is 46.2 Å². The number of alkyl halides is 1. The van der Waals surface area contributed by atoms with Gasteiger partial charge >= 0.3 is 0 Å². The lowest BCUT2D eigenvalue weighted by atomic mass is 10.2. The fourth-order valence-electron chi connectivity index (χ4n) is 1.00. The normalized spacial score (nSPS) is 13.7. The predicted octanol–water partition coefficient (Wildman–Crippen LogP) is 1.98. The van der Waals surface area contributed by atoms with Crippen LogP contribution in [0.15, 0.2) is 29.2 Å². The third-order valence-electron chi connectivity index (χ3n) is 2.01. The van der Waals surface area contributed by atoms with Gasteiger partial charge in [0.2, 0.25) is 10.0 Å². The fourth-order valence-corrected chi connectivity index (χ4v) is 2.28. The summed E-state index contributed by atoms with van der Waals surface area (Å²) in [5.74, 6) is -0.0312. The molecule has 1 aromatic rings. The lowest BCUT2D eigenvalue weighted by Gasteiger charge is -2.09. The molecule has 90 valence electrons. The van der Waals surface area contributed by atoms with Gasteiger partial charge in [-0.15, -0.1) is 11.6 Å². The third kappa shape index (κ3) is 3.73. The van der Waals surface area contributed by atoms with Crippen LogP contribution in [0.2, 0.25) is 0 Å². The Morgan fingerprint density at radius 1 is 1.38 bits per heavy atom. The molecule has 0 spiro atoms. The minimum absolute atomic E-state index is 0.0515. The fraction of sp³-hybridized carbons (Fsp3) is 0.400. The maximum atomic E-state index is 12.6. The number of nitrogens with one attached hydrogen (secondary N) is 1. The molecule has 0 fully saturated rings. The summed E-state index contributed by atoms with van der Waals surface area (Å²) in [5.41, 5.74) is 0. The zero-order valence-corrected chi connectivity index (χ0v) is 10.4. The Bertz CT molecular complexity index is 433. The Labute approximate surface area is 99.7 Å². The van der Waals surface area contributed by atoms with Gasteiger partial charge in [0.25, 0.3) is 0 Å². The second kappa shape index (κ2) is 5.61. The number of rotatable bonds is 5. The molecule has 1 rings (SSSR count). The number of benzene rings is 1. The van der Waals surface area contributed by atoms with Crippen molar-refractivity contribution in [2.75, 3.05) is 12.4 Å². The first-order valence-corrected chi connectivity index (χ1v) is 6.78. The Morgan fingerprint density at radius 2 is 1.94 bits per heavy atom. The highest BCUT2D eigenvalue weighted by atomic mass is 35.5. The Kier molecular flexibility index (Phi) is 4.70. The number of hydrogen-bond donors (Lipinski definition) is 1. The largest absolute Gasteiger partial charge is 0.240 e. The monoisotopic (exact) mass is 265 g/mol. The summed E-state index contributed by atoms with van der Waals surface area (Å²) in [6.07, 6.45) is 0. The van der Waals surface area contributed by atoms with E-state index in [0.717, 1.165) is 12.1 Å². The van der Waals surface area contributed by atoms with Crippen molar-refractivity contribution in [1.82, 2.24) is 4.72 Å². The molecule has 1 unspecified atom stereocenters. The number of sulfonamides is 1. The highest BCUT2D eigenvalue weighted by molar-refractivity contribution is 7.89. The summed E-state index contributed by atoms with van der Waals surface area (Å²) in [5, 5.41) is 0. The van der Waals surface area contributed by atoms with Gasteiger partial charge in [-0.25, -0.2) is 17.5 Å². The van der Waals surface area contributed by atoms with Gasteiger partial charge in [0.05, 0.1) is 4.90 Å². The second-order valence-electron chi connectivity index (χ2n) is 3.57. The molecule has 0 aliphatic heterocycles. The molecular formula is C10H13ClFNO2S. The Hall–Kier alpha value is -0.650. The van der Waals surface area contributed by atoms with Crippen LogP contribution in [-0.4, -0.2) is 20.8 Å². The van der Waals surface area contributed by atoms with Gasteiger partial charge in [-0.2, -0.15) is 0 Å². The predicted molar refractivity (Wildman–Crippen MR) is 61.5 cm³/mol. The van der Waals surface area contributed by atoms with E-state index in [4.69, 9.17) is 11.6 Å². The van der Waals surface area contributed by atoms with Gasteiger partial charge in [0.15, 0.2) is 0 Å². The lowest BCUT2D eigenvalue weighted by Crippen LogP contribution is -2.29. The molecule has 1 atom stereocenters. The van der Waals surface area contributed by atoms with Crippen molar-refractivity contribution in [2.45, 2.75) is 11.8 Å². The van der Waals surface area contributed by atoms with Crippen LogP contribution in [0.1, 0.15) is 6.92 Å². The first kappa shape index (κ1) is 13.4. The molecule has 0 aromatic heterocycles. The summed E-state index contributed by atoms with van der Waals surface area (Å²) in [7, 11) is -3.56. The lowest BCUT2D eigenvalue weighted by molar-refractivity contribution is 0.561. The zero-order valence-electron chi connectivity index (χ0n) is 8.78. The molecule has 0 saturated heterocycles. The Balaban J connectivity index is 2.74. The van der Waals surface area contributed by atoms with Crippen LogP contribution in [0.25, 0.3) is 0 Å². The smallest absolute Gasteiger partial charge is 0.211 e. The van der Waals surface area contributed by atoms with Crippen LogP contribution < -0.4 is 4.72 Å². The molecule has 6 heteroatoms. The van der Waals surface area contributed by atoms with E-state index in [9.17, 15) is 12.8 Å². The number of halogens is 2. The van der Waals surface area contributed by atoms with Gasteiger partial charge in [0.1, 0.15) is 5.82 Å². The summed E-state index contributed by atoms with van der Waals surface area (Å²) in [6, 6.07) is 4.67. The maximum Gasteiger partial charge on any atom is 0.240 e. The average molecular weight is 266 g/mol. The first-order valence-electron chi connectivity index (χ1n) is 4.77. The minimum Gasteiger partial charge on any atom is -0.211 e. The van der Waals surface area contributed by atoms with E-state index in [0.29, 0.717) is 5.88 Å². The molecule has 3 nitrogen and oxygen atoms in total. The van der Waals surface area contributed by atoms with E-state index in [1.807, 2.05) is 6.92 Å². The van der Waals surface area contributed by atoms with Gasteiger partial charge in [-0.05, 0) is 30.2 Å². The van der Waals surface area contributed by atoms with Crippen LogP contribution in [0.3, 0.4) is 0 Å². The molecule has 0 aliphatic rings. The molecule has 0 radical (unpaired) electrons. The molecule has 0 amide bonds. The molecule has 0 aliphatic carbocycles. The first-order chi connectivity index (χ1) is 7.45. The molecule has 16 heavy (non-hydrogen) atoms. The zero-order chi connectivity index (χ0) is 12.2. The van der Waals surface area contributed by atoms with Crippen molar-refractivity contribution in [3.63, 3.8) is 0 Å². The second-order valence-corrected chi connectivity index (χ2v) is 5.64. The van der Waals surface area contributed by atoms with E-state index in [2.05, 4.69) is 4.72 Å². The van der Waals surface area contributed by atoms with Crippen molar-refractivity contribution in [1.29, 1.82) is 0 Å².